The Kier molecular flexibility index (Phi) is 6.88. The fourth-order valence-corrected chi connectivity index (χ4v) is 5.47. The van der Waals surface area contributed by atoms with Gasteiger partial charge in [0.2, 0.25) is 0 Å². The number of rotatable bonds is 6. The molecule has 2 saturated heterocycles. The van der Waals surface area contributed by atoms with E-state index in [1.165, 1.54) is 12.5 Å². The number of ether oxygens (including phenoxy) is 2. The van der Waals surface area contributed by atoms with Crippen molar-refractivity contribution in [3.8, 4) is 0 Å². The summed E-state index contributed by atoms with van der Waals surface area (Å²) in [6, 6.07) is 10.5. The van der Waals surface area contributed by atoms with Crippen molar-refractivity contribution in [3.05, 3.63) is 35.9 Å². The number of benzene rings is 1. The molecule has 2 fully saturated rings. The van der Waals surface area contributed by atoms with E-state index in [-0.39, 0.29) is 35.4 Å². The molecule has 0 N–H and O–H groups in total. The summed E-state index contributed by atoms with van der Waals surface area (Å²) in [5, 5.41) is 0.153. The zero-order valence-electron chi connectivity index (χ0n) is 18.8. The van der Waals surface area contributed by atoms with E-state index >= 15 is 0 Å². The molecule has 0 radical (unpaired) electrons. The quantitative estimate of drug-likeness (QED) is 0.506. The van der Waals surface area contributed by atoms with Crippen molar-refractivity contribution in [2.24, 2.45) is 0 Å². The molecular formula is C23H37NO4Si. The van der Waals surface area contributed by atoms with Crippen LogP contribution in [-0.4, -0.2) is 56.6 Å². The van der Waals surface area contributed by atoms with Gasteiger partial charge in [0.1, 0.15) is 6.10 Å². The largest absolute Gasteiger partial charge is 0.462 e. The van der Waals surface area contributed by atoms with Gasteiger partial charge in [-0.1, -0.05) is 51.1 Å². The minimum Gasteiger partial charge on any atom is -0.462 e. The molecule has 2 aliphatic rings. The fourth-order valence-electron chi connectivity index (χ4n) is 4.15. The SMILES string of the molecule is CC(=O)O[C@@H]1CCN2C[C@@H](O[Si](C)(C)C(C)(C)C)[C@@H](OCc3ccccc3)[C@@H]2C1. The normalized spacial score (nSPS) is 28.2. The van der Waals surface area contributed by atoms with Gasteiger partial charge in [0, 0.05) is 32.5 Å². The second-order valence-electron chi connectivity index (χ2n) is 10.00. The van der Waals surface area contributed by atoms with Crippen molar-refractivity contribution in [3.63, 3.8) is 0 Å². The lowest BCUT2D eigenvalue weighted by atomic mass is 9.97. The zero-order valence-corrected chi connectivity index (χ0v) is 19.8. The predicted molar refractivity (Wildman–Crippen MR) is 117 cm³/mol. The fraction of sp³-hybridized carbons (Fsp3) is 0.696. The smallest absolute Gasteiger partial charge is 0.302 e. The third-order valence-electron chi connectivity index (χ3n) is 6.74. The van der Waals surface area contributed by atoms with Crippen molar-refractivity contribution in [1.82, 2.24) is 4.90 Å². The van der Waals surface area contributed by atoms with Crippen LogP contribution < -0.4 is 0 Å². The number of hydrogen-bond donors (Lipinski definition) is 0. The second-order valence-corrected chi connectivity index (χ2v) is 14.8. The Morgan fingerprint density at radius 1 is 1.21 bits per heavy atom. The Morgan fingerprint density at radius 3 is 2.52 bits per heavy atom. The third-order valence-corrected chi connectivity index (χ3v) is 11.2. The lowest BCUT2D eigenvalue weighted by molar-refractivity contribution is -0.150. The van der Waals surface area contributed by atoms with Crippen molar-refractivity contribution in [1.29, 1.82) is 0 Å². The average Bonchev–Trinajstić information content (AvgIpc) is 2.95. The molecule has 0 bridgehead atoms. The topological polar surface area (TPSA) is 48.0 Å². The maximum absolute atomic E-state index is 11.5. The van der Waals surface area contributed by atoms with Crippen molar-refractivity contribution in [2.75, 3.05) is 13.1 Å². The first-order valence-corrected chi connectivity index (χ1v) is 13.7. The third kappa shape index (κ3) is 5.48. The highest BCUT2D eigenvalue weighted by molar-refractivity contribution is 6.74. The van der Waals surface area contributed by atoms with E-state index in [1.54, 1.807) is 0 Å². The van der Waals surface area contributed by atoms with Crippen LogP contribution in [0.25, 0.3) is 0 Å². The van der Waals surface area contributed by atoms with Crippen LogP contribution in [0, 0.1) is 0 Å². The molecular weight excluding hydrogens is 382 g/mol. The Hall–Kier alpha value is -1.21. The molecule has 29 heavy (non-hydrogen) atoms. The van der Waals surface area contributed by atoms with Gasteiger partial charge < -0.3 is 13.9 Å². The molecule has 0 saturated carbocycles. The minimum absolute atomic E-state index is 0.0114. The summed E-state index contributed by atoms with van der Waals surface area (Å²) < 4.78 is 18.9. The highest BCUT2D eigenvalue weighted by Gasteiger charge is 2.50. The zero-order chi connectivity index (χ0) is 21.2. The van der Waals surface area contributed by atoms with Gasteiger partial charge in [-0.15, -0.1) is 0 Å². The molecule has 0 aliphatic carbocycles. The van der Waals surface area contributed by atoms with Crippen molar-refractivity contribution >= 4 is 14.3 Å². The summed E-state index contributed by atoms with van der Waals surface area (Å²) in [6.45, 7) is 15.3. The Bertz CT molecular complexity index is 688. The summed E-state index contributed by atoms with van der Waals surface area (Å²) in [6.07, 6.45) is 1.72. The van der Waals surface area contributed by atoms with Gasteiger partial charge in [-0.25, -0.2) is 0 Å². The molecule has 2 aliphatic heterocycles. The number of esters is 1. The van der Waals surface area contributed by atoms with Crippen LogP contribution in [0.2, 0.25) is 18.1 Å². The Morgan fingerprint density at radius 2 is 1.90 bits per heavy atom. The minimum atomic E-state index is -1.92. The molecule has 0 spiro atoms. The molecule has 5 nitrogen and oxygen atoms in total. The molecule has 162 valence electrons. The molecule has 0 aromatic heterocycles. The molecule has 2 heterocycles. The number of nitrogens with zero attached hydrogens (tertiary/aromatic N) is 1. The van der Waals surface area contributed by atoms with Gasteiger partial charge >= 0.3 is 5.97 Å². The summed E-state index contributed by atoms with van der Waals surface area (Å²) in [7, 11) is -1.92. The van der Waals surface area contributed by atoms with E-state index in [9.17, 15) is 4.79 Å². The van der Waals surface area contributed by atoms with Crippen LogP contribution in [0.1, 0.15) is 46.1 Å². The highest BCUT2D eigenvalue weighted by Crippen LogP contribution is 2.41. The van der Waals surface area contributed by atoms with Gasteiger partial charge in [-0.2, -0.15) is 0 Å². The molecule has 1 aromatic rings. The number of fused-ring (bicyclic) bond motifs is 1. The van der Waals surface area contributed by atoms with Gasteiger partial charge in [0.25, 0.3) is 0 Å². The summed E-state index contributed by atoms with van der Waals surface area (Å²) in [5.41, 5.74) is 1.17. The lowest BCUT2D eigenvalue weighted by Crippen LogP contribution is -2.49. The number of piperidine rings is 1. The Balaban J connectivity index is 1.76. The first-order chi connectivity index (χ1) is 13.6. The maximum atomic E-state index is 11.5. The van der Waals surface area contributed by atoms with Crippen LogP contribution >= 0.6 is 0 Å². The first kappa shape index (κ1) is 22.5. The summed E-state index contributed by atoms with van der Waals surface area (Å²) >= 11 is 0. The highest BCUT2D eigenvalue weighted by atomic mass is 28.4. The van der Waals surface area contributed by atoms with Crippen LogP contribution in [0.4, 0.5) is 0 Å². The molecule has 3 rings (SSSR count). The summed E-state index contributed by atoms with van der Waals surface area (Å²) in [4.78, 5) is 14.0. The lowest BCUT2D eigenvalue weighted by Gasteiger charge is -2.40. The van der Waals surface area contributed by atoms with Crippen LogP contribution in [0.3, 0.4) is 0 Å². The van der Waals surface area contributed by atoms with E-state index in [0.29, 0.717) is 6.61 Å². The van der Waals surface area contributed by atoms with Crippen LogP contribution in [0.5, 0.6) is 0 Å². The number of carbonyl (C=O) groups is 1. The van der Waals surface area contributed by atoms with E-state index in [4.69, 9.17) is 13.9 Å². The van der Waals surface area contributed by atoms with Crippen LogP contribution in [-0.2, 0) is 25.3 Å². The first-order valence-electron chi connectivity index (χ1n) is 10.8. The van der Waals surface area contributed by atoms with Gasteiger partial charge in [0.05, 0.1) is 18.8 Å². The van der Waals surface area contributed by atoms with Crippen molar-refractivity contribution in [2.45, 2.75) is 89.6 Å². The molecule has 4 atom stereocenters. The average molecular weight is 420 g/mol. The van der Waals surface area contributed by atoms with E-state index in [1.807, 2.05) is 18.2 Å². The van der Waals surface area contributed by atoms with E-state index < -0.39 is 8.32 Å². The van der Waals surface area contributed by atoms with E-state index in [2.05, 4.69) is 50.9 Å². The Labute approximate surface area is 176 Å². The number of carbonyl (C=O) groups excluding carboxylic acids is 1. The van der Waals surface area contributed by atoms with Gasteiger partial charge in [-0.05, 0) is 30.1 Å². The summed E-state index contributed by atoms with van der Waals surface area (Å²) in [5.74, 6) is -0.197. The number of hydrogen-bond acceptors (Lipinski definition) is 5. The van der Waals surface area contributed by atoms with Crippen LogP contribution in [0.15, 0.2) is 30.3 Å². The molecule has 0 amide bonds. The molecule has 0 unspecified atom stereocenters. The van der Waals surface area contributed by atoms with Crippen molar-refractivity contribution < 1.29 is 18.7 Å². The van der Waals surface area contributed by atoms with Gasteiger partial charge in [0.15, 0.2) is 8.32 Å². The predicted octanol–water partition coefficient (Wildman–Crippen LogP) is 4.37. The molecule has 6 heteroatoms. The molecule has 1 aromatic carbocycles. The maximum Gasteiger partial charge on any atom is 0.302 e. The monoisotopic (exact) mass is 419 g/mol. The second kappa shape index (κ2) is 8.88. The van der Waals surface area contributed by atoms with Gasteiger partial charge in [-0.3, -0.25) is 9.69 Å². The standard InChI is InChI=1S/C23H37NO4Si/c1-17(25)27-19-12-13-24-15-21(28-29(5,6)23(2,3)4)22(20(24)14-19)26-16-18-10-8-7-9-11-18/h7-11,19-22H,12-16H2,1-6H3/t19-,20+,21-,22+/m1/s1. The van der Waals surface area contributed by atoms with E-state index in [0.717, 1.165) is 25.9 Å².